The third-order valence-electron chi connectivity index (χ3n) is 2.13. The van der Waals surface area contributed by atoms with Crippen LogP contribution >= 0.6 is 0 Å². The second kappa shape index (κ2) is 5.19. The van der Waals surface area contributed by atoms with Crippen LogP contribution in [0.2, 0.25) is 0 Å². The molecule has 0 saturated carbocycles. The van der Waals surface area contributed by atoms with E-state index >= 15 is 0 Å². The van der Waals surface area contributed by atoms with Crippen molar-refractivity contribution in [2.75, 3.05) is 11.9 Å². The van der Waals surface area contributed by atoms with Crippen molar-refractivity contribution in [3.05, 3.63) is 11.9 Å². The van der Waals surface area contributed by atoms with Gasteiger partial charge in [-0.15, -0.1) is 0 Å². The zero-order chi connectivity index (χ0) is 11.4. The molecular weight excluding hydrogens is 186 g/mol. The predicted molar refractivity (Wildman–Crippen MR) is 65.1 cm³/mol. The number of imidazole rings is 1. The Hall–Kier alpha value is -0.990. The lowest BCUT2D eigenvalue weighted by atomic mass is 10.2. The van der Waals surface area contributed by atoms with Crippen molar-refractivity contribution < 1.29 is 0 Å². The van der Waals surface area contributed by atoms with E-state index in [1.807, 2.05) is 6.92 Å². The third-order valence-corrected chi connectivity index (χ3v) is 2.13. The van der Waals surface area contributed by atoms with Crippen LogP contribution in [0.4, 0.5) is 5.95 Å². The first-order chi connectivity index (χ1) is 6.99. The van der Waals surface area contributed by atoms with Gasteiger partial charge in [0, 0.05) is 19.3 Å². The summed E-state index contributed by atoms with van der Waals surface area (Å²) in [7, 11) is 0. The van der Waals surface area contributed by atoms with E-state index in [0.717, 1.165) is 24.7 Å². The summed E-state index contributed by atoms with van der Waals surface area (Å²) < 4.78 is 2.21. The number of rotatable bonds is 5. The van der Waals surface area contributed by atoms with Crippen molar-refractivity contribution in [2.24, 2.45) is 11.8 Å². The number of anilines is 1. The Labute approximate surface area is 92.9 Å². The highest BCUT2D eigenvalue weighted by Crippen LogP contribution is 2.11. The summed E-state index contributed by atoms with van der Waals surface area (Å²) in [4.78, 5) is 4.49. The number of aryl methyl sites for hydroxylation is 1. The molecule has 1 N–H and O–H groups in total. The number of nitrogens with one attached hydrogen (secondary N) is 1. The molecule has 0 aliphatic carbocycles. The average Bonchev–Trinajstić information content (AvgIpc) is 2.41. The Morgan fingerprint density at radius 2 is 1.93 bits per heavy atom. The first-order valence-electron chi connectivity index (χ1n) is 5.76. The van der Waals surface area contributed by atoms with Gasteiger partial charge in [-0.05, 0) is 18.8 Å². The standard InChI is InChI=1S/C12H23N3/c1-9(2)6-13-12-14-11(5)8-15(12)7-10(3)4/h8-10H,6-7H2,1-5H3,(H,13,14). The molecular formula is C12H23N3. The third kappa shape index (κ3) is 3.94. The molecule has 0 aromatic carbocycles. The predicted octanol–water partition coefficient (Wildman–Crippen LogP) is 2.92. The minimum absolute atomic E-state index is 0.648. The SMILES string of the molecule is Cc1cn(CC(C)C)c(NCC(C)C)n1. The second-order valence-corrected chi connectivity index (χ2v) is 5.03. The van der Waals surface area contributed by atoms with Crippen LogP contribution in [0, 0.1) is 18.8 Å². The maximum Gasteiger partial charge on any atom is 0.203 e. The van der Waals surface area contributed by atoms with Gasteiger partial charge in [-0.2, -0.15) is 0 Å². The largest absolute Gasteiger partial charge is 0.355 e. The number of hydrogen-bond donors (Lipinski definition) is 1. The van der Waals surface area contributed by atoms with E-state index in [1.165, 1.54) is 0 Å². The fourth-order valence-corrected chi connectivity index (χ4v) is 1.52. The zero-order valence-corrected chi connectivity index (χ0v) is 10.5. The summed E-state index contributed by atoms with van der Waals surface area (Å²) in [5, 5.41) is 3.39. The molecule has 0 radical (unpaired) electrons. The van der Waals surface area contributed by atoms with Gasteiger partial charge in [0.2, 0.25) is 5.95 Å². The molecule has 1 aromatic heterocycles. The summed E-state index contributed by atoms with van der Waals surface area (Å²) in [5.41, 5.74) is 1.09. The van der Waals surface area contributed by atoms with E-state index in [2.05, 4.69) is 48.8 Å². The van der Waals surface area contributed by atoms with E-state index in [9.17, 15) is 0 Å². The van der Waals surface area contributed by atoms with Crippen LogP contribution in [0.25, 0.3) is 0 Å². The fraction of sp³-hybridized carbons (Fsp3) is 0.750. The van der Waals surface area contributed by atoms with Crippen LogP contribution in [0.5, 0.6) is 0 Å². The van der Waals surface area contributed by atoms with E-state index in [-0.39, 0.29) is 0 Å². The Bertz CT molecular complexity index is 300. The molecule has 86 valence electrons. The highest BCUT2D eigenvalue weighted by Gasteiger charge is 2.06. The van der Waals surface area contributed by atoms with Crippen molar-refractivity contribution in [2.45, 2.75) is 41.2 Å². The van der Waals surface area contributed by atoms with E-state index < -0.39 is 0 Å². The van der Waals surface area contributed by atoms with E-state index in [4.69, 9.17) is 0 Å². The van der Waals surface area contributed by atoms with Crippen LogP contribution < -0.4 is 5.32 Å². The molecule has 3 heteroatoms. The highest BCUT2D eigenvalue weighted by atomic mass is 15.2. The van der Waals surface area contributed by atoms with Gasteiger partial charge in [0.05, 0.1) is 5.69 Å². The Morgan fingerprint density at radius 1 is 1.27 bits per heavy atom. The van der Waals surface area contributed by atoms with Gasteiger partial charge in [0.15, 0.2) is 0 Å². The van der Waals surface area contributed by atoms with Crippen LogP contribution in [0.1, 0.15) is 33.4 Å². The summed E-state index contributed by atoms with van der Waals surface area (Å²) in [6.45, 7) is 12.9. The normalized spacial score (nSPS) is 11.4. The molecule has 0 bridgehead atoms. The van der Waals surface area contributed by atoms with Crippen LogP contribution in [0.15, 0.2) is 6.20 Å². The molecule has 3 nitrogen and oxygen atoms in total. The monoisotopic (exact) mass is 209 g/mol. The second-order valence-electron chi connectivity index (χ2n) is 5.03. The first kappa shape index (κ1) is 12.1. The minimum atomic E-state index is 0.648. The number of hydrogen-bond acceptors (Lipinski definition) is 2. The van der Waals surface area contributed by atoms with E-state index in [0.29, 0.717) is 11.8 Å². The van der Waals surface area contributed by atoms with Gasteiger partial charge in [-0.3, -0.25) is 0 Å². The van der Waals surface area contributed by atoms with Crippen LogP contribution in [0.3, 0.4) is 0 Å². The molecule has 1 rings (SSSR count). The molecule has 0 saturated heterocycles. The molecule has 0 aliphatic heterocycles. The molecule has 0 aliphatic rings. The number of nitrogens with zero attached hydrogens (tertiary/aromatic N) is 2. The van der Waals surface area contributed by atoms with Gasteiger partial charge < -0.3 is 9.88 Å². The Balaban J connectivity index is 2.68. The molecule has 15 heavy (non-hydrogen) atoms. The lowest BCUT2D eigenvalue weighted by molar-refractivity contribution is 0.524. The first-order valence-corrected chi connectivity index (χ1v) is 5.76. The highest BCUT2D eigenvalue weighted by molar-refractivity contribution is 5.28. The topological polar surface area (TPSA) is 29.9 Å². The van der Waals surface area contributed by atoms with Crippen molar-refractivity contribution >= 4 is 5.95 Å². The summed E-state index contributed by atoms with van der Waals surface area (Å²) in [6, 6.07) is 0. The smallest absolute Gasteiger partial charge is 0.203 e. The Kier molecular flexibility index (Phi) is 4.18. The minimum Gasteiger partial charge on any atom is -0.355 e. The lowest BCUT2D eigenvalue weighted by Crippen LogP contribution is -2.14. The summed E-state index contributed by atoms with van der Waals surface area (Å²) in [6.07, 6.45) is 2.11. The van der Waals surface area contributed by atoms with Crippen molar-refractivity contribution in [1.29, 1.82) is 0 Å². The van der Waals surface area contributed by atoms with Gasteiger partial charge >= 0.3 is 0 Å². The summed E-state index contributed by atoms with van der Waals surface area (Å²) >= 11 is 0. The van der Waals surface area contributed by atoms with Crippen molar-refractivity contribution in [3.63, 3.8) is 0 Å². The Morgan fingerprint density at radius 3 is 2.47 bits per heavy atom. The summed E-state index contributed by atoms with van der Waals surface area (Å²) in [5.74, 6) is 2.31. The van der Waals surface area contributed by atoms with Gasteiger partial charge in [0.1, 0.15) is 0 Å². The van der Waals surface area contributed by atoms with Gasteiger partial charge in [0.25, 0.3) is 0 Å². The van der Waals surface area contributed by atoms with Crippen LogP contribution in [-0.2, 0) is 6.54 Å². The van der Waals surface area contributed by atoms with E-state index in [1.54, 1.807) is 0 Å². The van der Waals surface area contributed by atoms with Gasteiger partial charge in [-0.25, -0.2) is 4.98 Å². The van der Waals surface area contributed by atoms with Crippen molar-refractivity contribution in [3.8, 4) is 0 Å². The number of aromatic nitrogens is 2. The molecule has 1 aromatic rings. The van der Waals surface area contributed by atoms with Crippen molar-refractivity contribution in [1.82, 2.24) is 9.55 Å². The molecule has 0 atom stereocenters. The quantitative estimate of drug-likeness (QED) is 0.808. The lowest BCUT2D eigenvalue weighted by Gasteiger charge is -2.12. The molecule has 1 heterocycles. The average molecular weight is 209 g/mol. The zero-order valence-electron chi connectivity index (χ0n) is 10.5. The van der Waals surface area contributed by atoms with Gasteiger partial charge in [-0.1, -0.05) is 27.7 Å². The molecule has 0 unspecified atom stereocenters. The maximum absolute atomic E-state index is 4.49. The van der Waals surface area contributed by atoms with Crippen LogP contribution in [-0.4, -0.2) is 16.1 Å². The maximum atomic E-state index is 4.49. The fourth-order valence-electron chi connectivity index (χ4n) is 1.52. The molecule has 0 fully saturated rings. The molecule has 0 amide bonds. The molecule has 0 spiro atoms.